The van der Waals surface area contributed by atoms with Crippen LogP contribution >= 0.6 is 0 Å². The summed E-state index contributed by atoms with van der Waals surface area (Å²) < 4.78 is 15.5. The molecule has 0 N–H and O–H groups in total. The molecule has 0 aliphatic rings. The predicted molar refractivity (Wildman–Crippen MR) is 88.9 cm³/mol. The third-order valence-electron chi connectivity index (χ3n) is 3.96. The number of nitrogens with zero attached hydrogens (tertiary/aromatic N) is 3. The van der Waals surface area contributed by atoms with Gasteiger partial charge in [0.05, 0.1) is 18.7 Å². The van der Waals surface area contributed by atoms with Crippen LogP contribution in [0.15, 0.2) is 22.6 Å². The first-order chi connectivity index (χ1) is 12.4. The van der Waals surface area contributed by atoms with E-state index in [1.54, 1.807) is 25.1 Å². The smallest absolute Gasteiger partial charge is 0.323 e. The monoisotopic (exact) mass is 355 g/mol. The fraction of sp³-hybridized carbons (Fsp3) is 0.389. The van der Waals surface area contributed by atoms with Gasteiger partial charge in [-0.05, 0) is 32.0 Å². The summed E-state index contributed by atoms with van der Waals surface area (Å²) in [4.78, 5) is 28.7. The van der Waals surface area contributed by atoms with Crippen molar-refractivity contribution < 1.29 is 23.5 Å². The molecule has 1 aromatic heterocycles. The predicted octanol–water partition coefficient (Wildman–Crippen LogP) is 2.14. The number of methoxy groups -OCH3 is 1. The van der Waals surface area contributed by atoms with Gasteiger partial charge in [-0.15, -0.1) is 0 Å². The summed E-state index contributed by atoms with van der Waals surface area (Å²) in [5.41, 5.74) is -0.685. The molecular weight excluding hydrogens is 338 g/mol. The summed E-state index contributed by atoms with van der Waals surface area (Å²) in [5.74, 6) is -2.49. The van der Waals surface area contributed by atoms with Crippen LogP contribution in [0.5, 0.6) is 0 Å². The zero-order valence-electron chi connectivity index (χ0n) is 14.6. The number of fused-ring (bicyclic) bond motifs is 1. The van der Waals surface area contributed by atoms with Crippen molar-refractivity contribution in [1.29, 1.82) is 10.5 Å². The van der Waals surface area contributed by atoms with Crippen molar-refractivity contribution in [1.82, 2.24) is 4.98 Å². The van der Waals surface area contributed by atoms with Crippen molar-refractivity contribution in [2.45, 2.75) is 19.3 Å². The molecule has 8 nitrogen and oxygen atoms in total. The lowest BCUT2D eigenvalue weighted by Gasteiger charge is -2.24. The van der Waals surface area contributed by atoms with Gasteiger partial charge in [0, 0.05) is 12.7 Å². The zero-order chi connectivity index (χ0) is 19.3. The fourth-order valence-corrected chi connectivity index (χ4v) is 2.43. The van der Waals surface area contributed by atoms with Gasteiger partial charge in [-0.3, -0.25) is 9.59 Å². The third-order valence-corrected chi connectivity index (χ3v) is 3.96. The Balaban J connectivity index is 2.57. The van der Waals surface area contributed by atoms with E-state index in [1.807, 2.05) is 0 Å². The van der Waals surface area contributed by atoms with Crippen molar-refractivity contribution in [3.8, 4) is 12.1 Å². The average Bonchev–Trinajstić information content (AvgIpc) is 3.06. The van der Waals surface area contributed by atoms with E-state index >= 15 is 0 Å². The highest BCUT2D eigenvalue weighted by atomic mass is 16.5. The maximum Gasteiger partial charge on any atom is 0.323 e. The Morgan fingerprint density at radius 2 is 2.04 bits per heavy atom. The number of ether oxygens (including phenoxy) is 2. The average molecular weight is 355 g/mol. The van der Waals surface area contributed by atoms with Gasteiger partial charge in [-0.1, -0.05) is 0 Å². The number of carbonyl (C=O) groups is 2. The Labute approximate surface area is 149 Å². The van der Waals surface area contributed by atoms with Gasteiger partial charge in [-0.2, -0.15) is 10.5 Å². The van der Waals surface area contributed by atoms with Crippen molar-refractivity contribution in [2.24, 2.45) is 5.92 Å². The van der Waals surface area contributed by atoms with Crippen molar-refractivity contribution in [3.63, 3.8) is 0 Å². The largest absolute Gasteiger partial charge is 0.465 e. The summed E-state index contributed by atoms with van der Waals surface area (Å²) in [6.07, 6.45) is 0. The molecule has 2 aromatic rings. The molecule has 134 valence electrons. The number of carbonyl (C=O) groups excluding carboxylic acids is 2. The Morgan fingerprint density at radius 1 is 1.35 bits per heavy atom. The first kappa shape index (κ1) is 19.1. The third kappa shape index (κ3) is 3.28. The SMILES string of the molecule is CCOC(=O)C(C)(c1nc2cc(C(=O)COC)ccc2o1)C(C#N)C#N. The lowest BCUT2D eigenvalue weighted by atomic mass is 9.78. The maximum atomic E-state index is 12.5. The summed E-state index contributed by atoms with van der Waals surface area (Å²) in [6.45, 7) is 2.99. The van der Waals surface area contributed by atoms with Crippen LogP contribution in [-0.2, 0) is 19.7 Å². The number of aromatic nitrogens is 1. The second-order valence-electron chi connectivity index (χ2n) is 5.67. The number of nitriles is 2. The van der Waals surface area contributed by atoms with E-state index in [9.17, 15) is 20.1 Å². The molecule has 0 saturated heterocycles. The van der Waals surface area contributed by atoms with Gasteiger partial charge in [0.25, 0.3) is 0 Å². The molecule has 1 unspecified atom stereocenters. The second kappa shape index (κ2) is 7.77. The van der Waals surface area contributed by atoms with Crippen LogP contribution in [0.3, 0.4) is 0 Å². The minimum Gasteiger partial charge on any atom is -0.465 e. The van der Waals surface area contributed by atoms with Gasteiger partial charge >= 0.3 is 5.97 Å². The molecule has 0 fully saturated rings. The Morgan fingerprint density at radius 3 is 2.62 bits per heavy atom. The molecule has 0 aliphatic heterocycles. The normalized spacial score (nSPS) is 13.0. The second-order valence-corrected chi connectivity index (χ2v) is 5.67. The van der Waals surface area contributed by atoms with Crippen molar-refractivity contribution >= 4 is 22.9 Å². The first-order valence-corrected chi connectivity index (χ1v) is 7.82. The summed E-state index contributed by atoms with van der Waals surface area (Å²) in [6, 6.07) is 8.16. The van der Waals surface area contributed by atoms with Crippen molar-refractivity contribution in [2.75, 3.05) is 20.3 Å². The summed E-state index contributed by atoms with van der Waals surface area (Å²) in [7, 11) is 1.42. The van der Waals surface area contributed by atoms with Crippen LogP contribution < -0.4 is 0 Å². The van der Waals surface area contributed by atoms with Crippen LogP contribution in [0.4, 0.5) is 0 Å². The number of oxazole rings is 1. The zero-order valence-corrected chi connectivity index (χ0v) is 14.6. The number of hydrogen-bond donors (Lipinski definition) is 0. The number of esters is 1. The van der Waals surface area contributed by atoms with E-state index in [4.69, 9.17) is 13.9 Å². The molecule has 0 spiro atoms. The van der Waals surface area contributed by atoms with E-state index in [0.29, 0.717) is 16.7 Å². The minimum absolute atomic E-state index is 0.0773. The molecule has 1 aromatic carbocycles. The number of Topliss-reactive ketones (excluding diaryl/α,β-unsaturated/α-hetero) is 1. The first-order valence-electron chi connectivity index (χ1n) is 7.82. The molecule has 2 rings (SSSR count). The van der Waals surface area contributed by atoms with Gasteiger partial charge < -0.3 is 13.9 Å². The lowest BCUT2D eigenvalue weighted by Crippen LogP contribution is -2.41. The van der Waals surface area contributed by atoms with E-state index in [-0.39, 0.29) is 24.9 Å². The van der Waals surface area contributed by atoms with Gasteiger partial charge in [-0.25, -0.2) is 4.98 Å². The molecule has 0 aliphatic carbocycles. The van der Waals surface area contributed by atoms with Crippen LogP contribution in [-0.4, -0.2) is 37.1 Å². The molecule has 0 amide bonds. The van der Waals surface area contributed by atoms with Gasteiger partial charge in [0.15, 0.2) is 22.7 Å². The lowest BCUT2D eigenvalue weighted by molar-refractivity contribution is -0.151. The summed E-state index contributed by atoms with van der Waals surface area (Å²) >= 11 is 0. The maximum absolute atomic E-state index is 12.5. The fourth-order valence-electron chi connectivity index (χ4n) is 2.43. The van der Waals surface area contributed by atoms with E-state index < -0.39 is 17.3 Å². The number of benzene rings is 1. The Hall–Kier alpha value is -3.23. The Bertz CT molecular complexity index is 907. The number of ketones is 1. The van der Waals surface area contributed by atoms with Crippen LogP contribution in [0.25, 0.3) is 11.1 Å². The van der Waals surface area contributed by atoms with E-state index in [2.05, 4.69) is 4.98 Å². The minimum atomic E-state index is -1.70. The number of rotatable bonds is 7. The standard InChI is InChI=1S/C18H17N3O5/c1-4-25-17(23)18(2,12(8-19)9-20)16-21-13-7-11(14(22)10-24-3)5-6-15(13)26-16/h5-7,12H,4,10H2,1-3H3. The van der Waals surface area contributed by atoms with Crippen molar-refractivity contribution in [3.05, 3.63) is 29.7 Å². The van der Waals surface area contributed by atoms with Crippen LogP contribution in [0, 0.1) is 28.6 Å². The molecular formula is C18H17N3O5. The topological polar surface area (TPSA) is 126 Å². The van der Waals surface area contributed by atoms with E-state index in [1.165, 1.54) is 26.2 Å². The molecule has 0 saturated carbocycles. The van der Waals surface area contributed by atoms with Crippen LogP contribution in [0.2, 0.25) is 0 Å². The van der Waals surface area contributed by atoms with Gasteiger partial charge in [0.1, 0.15) is 12.1 Å². The summed E-state index contributed by atoms with van der Waals surface area (Å²) in [5, 5.41) is 18.6. The highest BCUT2D eigenvalue weighted by Gasteiger charge is 2.49. The molecule has 0 radical (unpaired) electrons. The molecule has 1 atom stereocenters. The Kier molecular flexibility index (Phi) is 5.71. The molecule has 0 bridgehead atoms. The molecule has 8 heteroatoms. The van der Waals surface area contributed by atoms with Gasteiger partial charge in [0.2, 0.25) is 5.89 Å². The molecule has 26 heavy (non-hydrogen) atoms. The highest BCUT2D eigenvalue weighted by molar-refractivity contribution is 5.99. The molecule has 1 heterocycles. The van der Waals surface area contributed by atoms with E-state index in [0.717, 1.165) is 0 Å². The number of hydrogen-bond acceptors (Lipinski definition) is 8. The van der Waals surface area contributed by atoms with Crippen LogP contribution in [0.1, 0.15) is 30.1 Å². The quantitative estimate of drug-likeness (QED) is 0.546. The highest BCUT2D eigenvalue weighted by Crippen LogP contribution is 2.35.